The zero-order chi connectivity index (χ0) is 12.6. The molecule has 0 saturated heterocycles. The van der Waals surface area contributed by atoms with Crippen molar-refractivity contribution < 1.29 is 9.53 Å². The molecule has 17 heavy (non-hydrogen) atoms. The van der Waals surface area contributed by atoms with Crippen molar-refractivity contribution in [2.75, 3.05) is 6.61 Å². The third kappa shape index (κ3) is 1.86. The van der Waals surface area contributed by atoms with Gasteiger partial charge in [0.1, 0.15) is 5.56 Å². The highest BCUT2D eigenvalue weighted by molar-refractivity contribution is 6.38. The predicted octanol–water partition coefficient (Wildman–Crippen LogP) is 2.11. The summed E-state index contributed by atoms with van der Waals surface area (Å²) in [7, 11) is 1.77. The second kappa shape index (κ2) is 4.33. The van der Waals surface area contributed by atoms with E-state index < -0.39 is 5.97 Å². The molecule has 0 N–H and O–H groups in total. The number of hydrogen-bond acceptors (Lipinski definition) is 4. The number of nitrogens with zero attached hydrogens (tertiary/aromatic N) is 3. The summed E-state index contributed by atoms with van der Waals surface area (Å²) in [5.74, 6) is -0.451. The van der Waals surface area contributed by atoms with Crippen LogP contribution < -0.4 is 0 Å². The molecule has 5 nitrogen and oxygen atoms in total. The second-order valence-electron chi connectivity index (χ2n) is 3.61. The minimum Gasteiger partial charge on any atom is -0.462 e. The Morgan fingerprint density at radius 1 is 1.59 bits per heavy atom. The van der Waals surface area contributed by atoms with Crippen molar-refractivity contribution >= 4 is 28.6 Å². The number of halogens is 1. The number of carbonyl (C=O) groups excluding carboxylic acids is 1. The van der Waals surface area contributed by atoms with E-state index >= 15 is 0 Å². The fraction of sp³-hybridized carbons (Fsp3) is 0.364. The number of aryl methyl sites for hydroxylation is 2. The minimum absolute atomic E-state index is 0.305. The number of fused-ring (bicyclic) bond motifs is 1. The molecule has 0 aromatic carbocycles. The molecule has 0 aliphatic heterocycles. The van der Waals surface area contributed by atoms with Crippen LogP contribution in [0.15, 0.2) is 6.20 Å². The van der Waals surface area contributed by atoms with Crippen molar-refractivity contribution in [2.45, 2.75) is 13.8 Å². The lowest BCUT2D eigenvalue weighted by Crippen LogP contribution is -2.09. The SMILES string of the molecule is CCOC(=O)c1c(C)nc2c(cnn2C)c1Cl. The summed E-state index contributed by atoms with van der Waals surface area (Å²) < 4.78 is 6.57. The molecule has 2 aromatic rings. The Kier molecular flexibility index (Phi) is 3.02. The van der Waals surface area contributed by atoms with E-state index in [0.717, 1.165) is 0 Å². The fourth-order valence-corrected chi connectivity index (χ4v) is 2.01. The molecule has 0 aliphatic carbocycles. The van der Waals surface area contributed by atoms with Crippen molar-refractivity contribution in [2.24, 2.45) is 7.05 Å². The first kappa shape index (κ1) is 11.9. The van der Waals surface area contributed by atoms with E-state index in [4.69, 9.17) is 16.3 Å². The third-order valence-corrected chi connectivity index (χ3v) is 2.87. The Morgan fingerprint density at radius 2 is 2.29 bits per heavy atom. The molecule has 0 saturated carbocycles. The Labute approximate surface area is 103 Å². The van der Waals surface area contributed by atoms with Crippen LogP contribution in [0.2, 0.25) is 5.02 Å². The van der Waals surface area contributed by atoms with Crippen LogP contribution in [0.1, 0.15) is 23.0 Å². The molecule has 0 bridgehead atoms. The molecule has 0 unspecified atom stereocenters. The summed E-state index contributed by atoms with van der Waals surface area (Å²) >= 11 is 6.20. The molecular weight excluding hydrogens is 242 g/mol. The van der Waals surface area contributed by atoms with Crippen LogP contribution in [0.3, 0.4) is 0 Å². The van der Waals surface area contributed by atoms with Crippen molar-refractivity contribution in [3.05, 3.63) is 22.5 Å². The van der Waals surface area contributed by atoms with Gasteiger partial charge in [-0.15, -0.1) is 0 Å². The molecule has 0 aliphatic rings. The summed E-state index contributed by atoms with van der Waals surface area (Å²) in [5.41, 5.74) is 1.51. The first-order chi connectivity index (χ1) is 8.06. The van der Waals surface area contributed by atoms with Crippen LogP contribution in [0.5, 0.6) is 0 Å². The molecule has 2 rings (SSSR count). The number of ether oxygens (including phenoxy) is 1. The van der Waals surface area contributed by atoms with Gasteiger partial charge in [0.15, 0.2) is 5.65 Å². The number of pyridine rings is 1. The van der Waals surface area contributed by atoms with Crippen LogP contribution in [0.4, 0.5) is 0 Å². The number of esters is 1. The van der Waals surface area contributed by atoms with E-state index in [1.165, 1.54) is 0 Å². The molecule has 0 fully saturated rings. The van der Waals surface area contributed by atoms with Gasteiger partial charge in [-0.25, -0.2) is 9.78 Å². The monoisotopic (exact) mass is 253 g/mol. The van der Waals surface area contributed by atoms with E-state index in [0.29, 0.717) is 33.9 Å². The maximum atomic E-state index is 11.8. The minimum atomic E-state index is -0.451. The summed E-state index contributed by atoms with van der Waals surface area (Å²) in [4.78, 5) is 16.1. The van der Waals surface area contributed by atoms with Gasteiger partial charge in [-0.1, -0.05) is 11.6 Å². The number of rotatable bonds is 2. The van der Waals surface area contributed by atoms with Crippen molar-refractivity contribution in [3.8, 4) is 0 Å². The highest BCUT2D eigenvalue weighted by Crippen LogP contribution is 2.28. The number of carbonyl (C=O) groups is 1. The van der Waals surface area contributed by atoms with Crippen molar-refractivity contribution in [1.82, 2.24) is 14.8 Å². The molecular formula is C11H12ClN3O2. The summed E-state index contributed by atoms with van der Waals surface area (Å²) in [6.45, 7) is 3.78. The number of aromatic nitrogens is 3. The largest absolute Gasteiger partial charge is 0.462 e. The van der Waals surface area contributed by atoms with Crippen LogP contribution in [0, 0.1) is 6.92 Å². The molecule has 2 heterocycles. The van der Waals surface area contributed by atoms with E-state index in [1.54, 1.807) is 31.8 Å². The summed E-state index contributed by atoms with van der Waals surface area (Å²) in [6, 6.07) is 0. The molecule has 0 radical (unpaired) electrons. The maximum absolute atomic E-state index is 11.8. The average molecular weight is 254 g/mol. The van der Waals surface area contributed by atoms with Gasteiger partial charge in [0, 0.05) is 7.05 Å². The molecule has 0 atom stereocenters. The zero-order valence-corrected chi connectivity index (χ0v) is 10.6. The summed E-state index contributed by atoms with van der Waals surface area (Å²) in [5, 5.41) is 5.06. The normalized spacial score (nSPS) is 10.8. The zero-order valence-electron chi connectivity index (χ0n) is 9.82. The highest BCUT2D eigenvalue weighted by atomic mass is 35.5. The number of hydrogen-bond donors (Lipinski definition) is 0. The quantitative estimate of drug-likeness (QED) is 0.769. The molecule has 90 valence electrons. The van der Waals surface area contributed by atoms with Gasteiger partial charge < -0.3 is 4.74 Å². The lowest BCUT2D eigenvalue weighted by Gasteiger charge is -2.07. The van der Waals surface area contributed by atoms with Gasteiger partial charge in [-0.05, 0) is 13.8 Å². The van der Waals surface area contributed by atoms with E-state index in [2.05, 4.69) is 10.1 Å². The Hall–Kier alpha value is -1.62. The molecule has 0 amide bonds. The van der Waals surface area contributed by atoms with E-state index in [-0.39, 0.29) is 0 Å². The predicted molar refractivity (Wildman–Crippen MR) is 64.2 cm³/mol. The van der Waals surface area contributed by atoms with Crippen molar-refractivity contribution in [1.29, 1.82) is 0 Å². The van der Waals surface area contributed by atoms with Gasteiger partial charge in [0.2, 0.25) is 0 Å². The van der Waals surface area contributed by atoms with Crippen LogP contribution in [-0.2, 0) is 11.8 Å². The topological polar surface area (TPSA) is 57.0 Å². The van der Waals surface area contributed by atoms with Gasteiger partial charge in [0.25, 0.3) is 0 Å². The third-order valence-electron chi connectivity index (χ3n) is 2.48. The van der Waals surface area contributed by atoms with E-state index in [1.807, 2.05) is 0 Å². The second-order valence-corrected chi connectivity index (χ2v) is 3.99. The molecule has 2 aromatic heterocycles. The first-order valence-corrected chi connectivity index (χ1v) is 5.59. The Morgan fingerprint density at radius 3 is 2.94 bits per heavy atom. The molecule has 0 spiro atoms. The lowest BCUT2D eigenvalue weighted by molar-refractivity contribution is 0.0525. The fourth-order valence-electron chi connectivity index (χ4n) is 1.67. The highest BCUT2D eigenvalue weighted by Gasteiger charge is 2.20. The van der Waals surface area contributed by atoms with Crippen LogP contribution in [0.25, 0.3) is 11.0 Å². The van der Waals surface area contributed by atoms with Crippen molar-refractivity contribution in [3.63, 3.8) is 0 Å². The van der Waals surface area contributed by atoms with E-state index in [9.17, 15) is 4.79 Å². The van der Waals surface area contributed by atoms with Gasteiger partial charge >= 0.3 is 5.97 Å². The smallest absolute Gasteiger partial charge is 0.341 e. The van der Waals surface area contributed by atoms with Gasteiger partial charge in [-0.2, -0.15) is 5.10 Å². The van der Waals surface area contributed by atoms with Crippen LogP contribution >= 0.6 is 11.6 Å². The lowest BCUT2D eigenvalue weighted by atomic mass is 10.1. The Bertz CT molecular complexity index is 592. The first-order valence-electron chi connectivity index (χ1n) is 5.21. The standard InChI is InChI=1S/C11H12ClN3O2/c1-4-17-11(16)8-6(2)14-10-7(9(8)12)5-13-15(10)3/h5H,4H2,1-3H3. The Balaban J connectivity index is 2.68. The van der Waals surface area contributed by atoms with Gasteiger partial charge in [0.05, 0.1) is 28.9 Å². The molecule has 6 heteroatoms. The maximum Gasteiger partial charge on any atom is 0.341 e. The summed E-state index contributed by atoms with van der Waals surface area (Å²) in [6.07, 6.45) is 1.59. The van der Waals surface area contributed by atoms with Crippen LogP contribution in [-0.4, -0.2) is 27.3 Å². The van der Waals surface area contributed by atoms with Gasteiger partial charge in [-0.3, -0.25) is 4.68 Å². The average Bonchev–Trinajstić information content (AvgIpc) is 2.61.